The first kappa shape index (κ1) is 12.1. The molecule has 0 amide bonds. The second-order valence-electron chi connectivity index (χ2n) is 3.78. The minimum Gasteiger partial charge on any atom is -0.330 e. The van der Waals surface area contributed by atoms with Gasteiger partial charge in [-0.1, -0.05) is 17.8 Å². The molecule has 1 heterocycles. The second-order valence-corrected chi connectivity index (χ2v) is 4.87. The van der Waals surface area contributed by atoms with Gasteiger partial charge < -0.3 is 5.73 Å². The van der Waals surface area contributed by atoms with Crippen LogP contribution in [0.1, 0.15) is 11.1 Å². The minimum atomic E-state index is 0.694. The van der Waals surface area contributed by atoms with Crippen LogP contribution in [0.5, 0.6) is 0 Å². The van der Waals surface area contributed by atoms with E-state index in [1.54, 1.807) is 24.3 Å². The van der Waals surface area contributed by atoms with Crippen LogP contribution in [0.15, 0.2) is 46.7 Å². The fourth-order valence-electron chi connectivity index (χ4n) is 1.63. The van der Waals surface area contributed by atoms with Gasteiger partial charge in [0.15, 0.2) is 0 Å². The lowest BCUT2D eigenvalue weighted by molar-refractivity contribution is 0.954. The van der Waals surface area contributed by atoms with Crippen LogP contribution < -0.4 is 5.73 Å². The molecule has 0 atom stereocenters. The van der Waals surface area contributed by atoms with Crippen LogP contribution in [0, 0.1) is 6.92 Å². The normalized spacial score (nSPS) is 10.5. The van der Waals surface area contributed by atoms with Crippen LogP contribution in [0.4, 0.5) is 0 Å². The Bertz CT molecular complexity index is 485. The highest BCUT2D eigenvalue weighted by molar-refractivity contribution is 7.99. The van der Waals surface area contributed by atoms with E-state index < -0.39 is 0 Å². The first-order valence-corrected chi connectivity index (χ1v) is 6.34. The fraction of sp³-hybridized carbons (Fsp3) is 0.231. The molecule has 0 unspecified atom stereocenters. The molecule has 0 bridgehead atoms. The van der Waals surface area contributed by atoms with Crippen molar-refractivity contribution in [3.05, 3.63) is 47.9 Å². The number of nitrogens with two attached hydrogens (primary N) is 1. The van der Waals surface area contributed by atoms with Crippen molar-refractivity contribution in [3.8, 4) is 0 Å². The third-order valence-electron chi connectivity index (χ3n) is 2.50. The molecule has 88 valence electrons. The van der Waals surface area contributed by atoms with E-state index in [4.69, 9.17) is 5.73 Å². The van der Waals surface area contributed by atoms with E-state index in [1.165, 1.54) is 16.0 Å². The summed E-state index contributed by atoms with van der Waals surface area (Å²) in [7, 11) is 0. The molecule has 3 nitrogen and oxygen atoms in total. The maximum atomic E-state index is 5.57. The number of aromatic nitrogens is 2. The lowest BCUT2D eigenvalue weighted by Gasteiger charge is -2.07. The average Bonchev–Trinajstić information content (AvgIpc) is 2.34. The molecule has 1 aromatic heterocycles. The van der Waals surface area contributed by atoms with E-state index in [9.17, 15) is 0 Å². The topological polar surface area (TPSA) is 51.8 Å². The molecule has 1 aromatic carbocycles. The summed E-state index contributed by atoms with van der Waals surface area (Å²) in [6.45, 7) is 2.81. The van der Waals surface area contributed by atoms with Crippen LogP contribution in [0.25, 0.3) is 0 Å². The van der Waals surface area contributed by atoms with Gasteiger partial charge in [0.1, 0.15) is 11.4 Å². The summed E-state index contributed by atoms with van der Waals surface area (Å²) in [6, 6.07) is 8.35. The molecule has 0 aliphatic carbocycles. The molecule has 2 rings (SSSR count). The van der Waals surface area contributed by atoms with E-state index in [0.717, 1.165) is 11.4 Å². The zero-order valence-corrected chi connectivity index (χ0v) is 10.6. The number of aryl methyl sites for hydroxylation is 1. The van der Waals surface area contributed by atoms with Crippen molar-refractivity contribution in [3.63, 3.8) is 0 Å². The summed E-state index contributed by atoms with van der Waals surface area (Å²) in [5.41, 5.74) is 8.17. The van der Waals surface area contributed by atoms with Gasteiger partial charge in [-0.25, -0.2) is 9.97 Å². The minimum absolute atomic E-state index is 0.694. The quantitative estimate of drug-likeness (QED) is 0.841. The monoisotopic (exact) mass is 245 g/mol. The number of hydrogen-bond acceptors (Lipinski definition) is 4. The van der Waals surface area contributed by atoms with Crippen LogP contribution in [-0.2, 0) is 6.42 Å². The van der Waals surface area contributed by atoms with Crippen molar-refractivity contribution < 1.29 is 0 Å². The lowest BCUT2D eigenvalue weighted by atomic mass is 10.1. The smallest absolute Gasteiger partial charge is 0.116 e. The molecule has 0 radical (unpaired) electrons. The Morgan fingerprint density at radius 2 is 2.18 bits per heavy atom. The average molecular weight is 245 g/mol. The third-order valence-corrected chi connectivity index (χ3v) is 3.45. The summed E-state index contributed by atoms with van der Waals surface area (Å²) in [5.74, 6) is 0. The maximum Gasteiger partial charge on any atom is 0.116 e. The number of hydrogen-bond donors (Lipinski definition) is 1. The van der Waals surface area contributed by atoms with Gasteiger partial charge in [0.05, 0.1) is 0 Å². The van der Waals surface area contributed by atoms with Gasteiger partial charge >= 0.3 is 0 Å². The van der Waals surface area contributed by atoms with Gasteiger partial charge in [-0.2, -0.15) is 0 Å². The predicted molar refractivity (Wildman–Crippen MR) is 70.1 cm³/mol. The molecule has 2 N–H and O–H groups in total. The second kappa shape index (κ2) is 5.80. The lowest BCUT2D eigenvalue weighted by Crippen LogP contribution is -2.03. The molecule has 0 saturated heterocycles. The predicted octanol–water partition coefficient (Wildman–Crippen LogP) is 2.44. The van der Waals surface area contributed by atoms with E-state index >= 15 is 0 Å². The summed E-state index contributed by atoms with van der Waals surface area (Å²) < 4.78 is 0. The highest BCUT2D eigenvalue weighted by Crippen LogP contribution is 2.27. The van der Waals surface area contributed by atoms with Crippen molar-refractivity contribution in [1.29, 1.82) is 0 Å². The Balaban J connectivity index is 2.15. The number of rotatable bonds is 4. The molecule has 4 heteroatoms. The van der Waals surface area contributed by atoms with E-state index in [-0.39, 0.29) is 0 Å². The molecule has 0 aliphatic heterocycles. The third kappa shape index (κ3) is 3.28. The highest BCUT2D eigenvalue weighted by atomic mass is 32.2. The largest absolute Gasteiger partial charge is 0.330 e. The van der Waals surface area contributed by atoms with Gasteiger partial charge in [-0.3, -0.25) is 0 Å². The van der Waals surface area contributed by atoms with Crippen LogP contribution >= 0.6 is 11.8 Å². The molecule has 17 heavy (non-hydrogen) atoms. The van der Waals surface area contributed by atoms with Gasteiger partial charge in [0.2, 0.25) is 0 Å². The maximum absolute atomic E-state index is 5.57. The van der Waals surface area contributed by atoms with Crippen molar-refractivity contribution in [2.45, 2.75) is 23.3 Å². The van der Waals surface area contributed by atoms with E-state index in [2.05, 4.69) is 35.1 Å². The Morgan fingerprint density at radius 1 is 1.29 bits per heavy atom. The SMILES string of the molecule is Cc1cc(Sc2ccncn2)ccc1CCN. The molecule has 0 aliphatic rings. The summed E-state index contributed by atoms with van der Waals surface area (Å²) in [5, 5.41) is 0.964. The molecular weight excluding hydrogens is 230 g/mol. The summed E-state index contributed by atoms with van der Waals surface area (Å²) in [4.78, 5) is 9.30. The number of benzene rings is 1. The van der Waals surface area contributed by atoms with Crippen LogP contribution in [-0.4, -0.2) is 16.5 Å². The summed E-state index contributed by atoms with van der Waals surface area (Å²) in [6.07, 6.45) is 4.26. The first-order chi connectivity index (χ1) is 8.29. The van der Waals surface area contributed by atoms with Gasteiger partial charge in [-0.05, 0) is 49.2 Å². The zero-order valence-electron chi connectivity index (χ0n) is 9.76. The summed E-state index contributed by atoms with van der Waals surface area (Å²) >= 11 is 1.65. The molecular formula is C13H15N3S. The van der Waals surface area contributed by atoms with Crippen LogP contribution in [0.3, 0.4) is 0 Å². The highest BCUT2D eigenvalue weighted by Gasteiger charge is 2.02. The fourth-order valence-corrected chi connectivity index (χ4v) is 2.47. The number of nitrogens with zero attached hydrogens (tertiary/aromatic N) is 2. The molecule has 2 aromatic rings. The van der Waals surface area contributed by atoms with Gasteiger partial charge in [0, 0.05) is 11.1 Å². The Labute approximate surface area is 105 Å². The van der Waals surface area contributed by atoms with Crippen molar-refractivity contribution in [1.82, 2.24) is 9.97 Å². The first-order valence-electron chi connectivity index (χ1n) is 5.53. The molecule has 0 spiro atoms. The van der Waals surface area contributed by atoms with Crippen molar-refractivity contribution >= 4 is 11.8 Å². The van der Waals surface area contributed by atoms with E-state index in [0.29, 0.717) is 6.54 Å². The van der Waals surface area contributed by atoms with Gasteiger partial charge in [0.25, 0.3) is 0 Å². The standard InChI is InChI=1S/C13H15N3S/c1-10-8-12(3-2-11(10)4-6-14)17-13-5-7-15-9-16-13/h2-3,5,7-9H,4,6,14H2,1H3. The Kier molecular flexibility index (Phi) is 4.12. The van der Waals surface area contributed by atoms with Crippen molar-refractivity contribution in [2.24, 2.45) is 5.73 Å². The molecule has 0 fully saturated rings. The Hall–Kier alpha value is -1.39. The van der Waals surface area contributed by atoms with Crippen molar-refractivity contribution in [2.75, 3.05) is 6.54 Å². The van der Waals surface area contributed by atoms with Gasteiger partial charge in [-0.15, -0.1) is 0 Å². The zero-order chi connectivity index (χ0) is 12.1. The van der Waals surface area contributed by atoms with E-state index in [1.807, 2.05) is 6.07 Å². The Morgan fingerprint density at radius 3 is 2.82 bits per heavy atom. The van der Waals surface area contributed by atoms with Crippen LogP contribution in [0.2, 0.25) is 0 Å². The molecule has 0 saturated carbocycles.